The van der Waals surface area contributed by atoms with Gasteiger partial charge in [-0.05, 0) is 29.7 Å². The third-order valence-electron chi connectivity index (χ3n) is 4.42. The zero-order valence-electron chi connectivity index (χ0n) is 12.2. The van der Waals surface area contributed by atoms with E-state index in [2.05, 4.69) is 16.4 Å². The van der Waals surface area contributed by atoms with E-state index < -0.39 is 0 Å². The molecule has 0 saturated heterocycles. The van der Waals surface area contributed by atoms with Gasteiger partial charge in [0.1, 0.15) is 10.5 Å². The number of aromatic nitrogens is 1. The molecule has 4 nitrogen and oxygen atoms in total. The molecule has 0 fully saturated rings. The van der Waals surface area contributed by atoms with Gasteiger partial charge in [-0.2, -0.15) is 0 Å². The summed E-state index contributed by atoms with van der Waals surface area (Å²) in [5.74, 6) is -0.207. The minimum Gasteiger partial charge on any atom is -0.396 e. The zero-order chi connectivity index (χ0) is 16.0. The van der Waals surface area contributed by atoms with Crippen LogP contribution in [0.25, 0.3) is 10.2 Å². The van der Waals surface area contributed by atoms with Crippen LogP contribution in [0.1, 0.15) is 27.5 Å². The number of aromatic amines is 1. The molecule has 118 valence electrons. The first-order valence-corrected chi connectivity index (χ1v) is 8.62. The number of rotatable bonds is 3. The maximum atomic E-state index is 12.5. The first kappa shape index (κ1) is 14.8. The largest absolute Gasteiger partial charge is 0.396 e. The van der Waals surface area contributed by atoms with Gasteiger partial charge >= 0.3 is 0 Å². The van der Waals surface area contributed by atoms with Crippen molar-refractivity contribution in [3.05, 3.63) is 57.6 Å². The van der Waals surface area contributed by atoms with Crippen LogP contribution in [0.15, 0.2) is 36.4 Å². The zero-order valence-corrected chi connectivity index (χ0v) is 13.7. The average Bonchev–Trinajstić information content (AvgIpc) is 3.16. The summed E-state index contributed by atoms with van der Waals surface area (Å²) in [6.07, 6.45) is 0.744. The van der Waals surface area contributed by atoms with Crippen molar-refractivity contribution in [3.8, 4) is 0 Å². The highest BCUT2D eigenvalue weighted by atomic mass is 35.5. The number of hydrogen-bond donors (Lipinski definition) is 3. The fourth-order valence-electron chi connectivity index (χ4n) is 3.32. The Morgan fingerprint density at radius 3 is 3.00 bits per heavy atom. The molecule has 1 aliphatic carbocycles. The van der Waals surface area contributed by atoms with Crippen LogP contribution in [-0.2, 0) is 6.42 Å². The minimum absolute atomic E-state index is 0.0252. The molecule has 0 saturated carbocycles. The smallest absolute Gasteiger partial charge is 0.268 e. The summed E-state index contributed by atoms with van der Waals surface area (Å²) < 4.78 is 0.699. The number of carbonyl (C=O) groups is 1. The van der Waals surface area contributed by atoms with E-state index in [9.17, 15) is 9.90 Å². The molecule has 6 heteroatoms. The molecule has 0 aliphatic heterocycles. The van der Waals surface area contributed by atoms with Gasteiger partial charge in [0.2, 0.25) is 0 Å². The number of hydrogen-bond acceptors (Lipinski definition) is 3. The Labute approximate surface area is 142 Å². The number of thiophene rings is 1. The molecule has 3 N–H and O–H groups in total. The highest BCUT2D eigenvalue weighted by molar-refractivity contribution is 7.22. The highest BCUT2D eigenvalue weighted by Crippen LogP contribution is 2.33. The maximum absolute atomic E-state index is 12.5. The van der Waals surface area contributed by atoms with E-state index in [1.165, 1.54) is 16.9 Å². The third-order valence-corrected chi connectivity index (χ3v) is 5.61. The molecule has 0 unspecified atom stereocenters. The lowest BCUT2D eigenvalue weighted by atomic mass is 9.99. The molecule has 4 rings (SSSR count). The highest BCUT2D eigenvalue weighted by Gasteiger charge is 2.33. The Bertz CT molecular complexity index is 854. The monoisotopic (exact) mass is 346 g/mol. The molecule has 1 aromatic carbocycles. The second-order valence-corrected chi connectivity index (χ2v) is 7.47. The Morgan fingerprint density at radius 2 is 2.22 bits per heavy atom. The van der Waals surface area contributed by atoms with E-state index in [-0.39, 0.29) is 24.5 Å². The predicted octanol–water partition coefficient (Wildman–Crippen LogP) is 3.31. The van der Waals surface area contributed by atoms with Crippen molar-refractivity contribution < 1.29 is 9.90 Å². The average molecular weight is 347 g/mol. The van der Waals surface area contributed by atoms with Crippen LogP contribution in [0.5, 0.6) is 0 Å². The van der Waals surface area contributed by atoms with Crippen molar-refractivity contribution in [1.82, 2.24) is 10.3 Å². The topological polar surface area (TPSA) is 65.1 Å². The summed E-state index contributed by atoms with van der Waals surface area (Å²) in [5, 5.41) is 13.7. The molecule has 23 heavy (non-hydrogen) atoms. The normalized spacial score (nSPS) is 19.9. The number of nitrogens with one attached hydrogen (secondary N) is 2. The van der Waals surface area contributed by atoms with Crippen molar-refractivity contribution in [3.63, 3.8) is 0 Å². The van der Waals surface area contributed by atoms with Crippen LogP contribution in [0.4, 0.5) is 0 Å². The summed E-state index contributed by atoms with van der Waals surface area (Å²) >= 11 is 7.37. The Hall–Kier alpha value is -1.82. The first-order chi connectivity index (χ1) is 11.2. The van der Waals surface area contributed by atoms with Crippen molar-refractivity contribution in [2.24, 2.45) is 0 Å². The Kier molecular flexibility index (Phi) is 3.64. The summed E-state index contributed by atoms with van der Waals surface area (Å²) in [6, 6.07) is 11.6. The van der Waals surface area contributed by atoms with Crippen molar-refractivity contribution in [2.45, 2.75) is 18.4 Å². The SMILES string of the molecule is O=C(N[C@@H]1Cc2ccccc2[C@H]1CO)c1cc2cc(Cl)sc2[nH]1. The Balaban J connectivity index is 1.55. The molecule has 0 spiro atoms. The summed E-state index contributed by atoms with van der Waals surface area (Å²) in [6.45, 7) is 0.0252. The number of carbonyl (C=O) groups excluding carboxylic acids is 1. The van der Waals surface area contributed by atoms with Crippen LogP contribution in [-0.4, -0.2) is 28.6 Å². The van der Waals surface area contributed by atoms with E-state index in [1.54, 1.807) is 0 Å². The summed E-state index contributed by atoms with van der Waals surface area (Å²) in [7, 11) is 0. The summed E-state index contributed by atoms with van der Waals surface area (Å²) in [5.41, 5.74) is 2.84. The van der Waals surface area contributed by atoms with Gasteiger partial charge in [-0.3, -0.25) is 4.79 Å². The number of aliphatic hydroxyl groups excluding tert-OH is 1. The van der Waals surface area contributed by atoms with Gasteiger partial charge in [0.15, 0.2) is 0 Å². The van der Waals surface area contributed by atoms with Crippen LogP contribution in [0, 0.1) is 0 Å². The minimum atomic E-state index is -0.152. The van der Waals surface area contributed by atoms with E-state index in [1.807, 2.05) is 30.3 Å². The number of fused-ring (bicyclic) bond motifs is 2. The lowest BCUT2D eigenvalue weighted by Crippen LogP contribution is -2.39. The molecular formula is C17H15ClN2O2S. The van der Waals surface area contributed by atoms with Crippen LogP contribution < -0.4 is 5.32 Å². The van der Waals surface area contributed by atoms with Gasteiger partial charge in [0.25, 0.3) is 5.91 Å². The Morgan fingerprint density at radius 1 is 1.39 bits per heavy atom. The van der Waals surface area contributed by atoms with E-state index in [4.69, 9.17) is 11.6 Å². The van der Waals surface area contributed by atoms with E-state index >= 15 is 0 Å². The molecule has 0 bridgehead atoms. The molecule has 1 amide bonds. The van der Waals surface area contributed by atoms with Gasteiger partial charge in [-0.1, -0.05) is 35.9 Å². The molecule has 3 aromatic rings. The van der Waals surface area contributed by atoms with Crippen LogP contribution in [0.2, 0.25) is 4.34 Å². The fraction of sp³-hybridized carbons (Fsp3) is 0.235. The quantitative estimate of drug-likeness (QED) is 0.681. The number of aliphatic hydroxyl groups is 1. The van der Waals surface area contributed by atoms with Crippen molar-refractivity contribution in [1.29, 1.82) is 0 Å². The van der Waals surface area contributed by atoms with Crippen LogP contribution in [0.3, 0.4) is 0 Å². The van der Waals surface area contributed by atoms with E-state index in [0.29, 0.717) is 10.0 Å². The number of amides is 1. The van der Waals surface area contributed by atoms with Gasteiger partial charge in [0.05, 0.1) is 10.9 Å². The first-order valence-electron chi connectivity index (χ1n) is 7.43. The summed E-state index contributed by atoms with van der Waals surface area (Å²) in [4.78, 5) is 16.5. The van der Waals surface area contributed by atoms with E-state index in [0.717, 1.165) is 22.2 Å². The van der Waals surface area contributed by atoms with Gasteiger partial charge < -0.3 is 15.4 Å². The van der Waals surface area contributed by atoms with Gasteiger partial charge in [-0.15, -0.1) is 11.3 Å². The predicted molar refractivity (Wildman–Crippen MR) is 92.4 cm³/mol. The molecule has 2 aromatic heterocycles. The maximum Gasteiger partial charge on any atom is 0.268 e. The molecule has 1 aliphatic rings. The van der Waals surface area contributed by atoms with Crippen LogP contribution >= 0.6 is 22.9 Å². The fourth-order valence-corrected chi connectivity index (χ4v) is 4.44. The molecule has 0 radical (unpaired) electrons. The van der Waals surface area contributed by atoms with Gasteiger partial charge in [-0.25, -0.2) is 0 Å². The molecular weight excluding hydrogens is 332 g/mol. The third kappa shape index (κ3) is 2.55. The lowest BCUT2D eigenvalue weighted by molar-refractivity contribution is 0.0922. The number of H-pyrrole nitrogens is 1. The number of halogens is 1. The second kappa shape index (κ2) is 5.67. The second-order valence-electron chi connectivity index (χ2n) is 5.79. The van der Waals surface area contributed by atoms with Crippen molar-refractivity contribution >= 4 is 39.1 Å². The molecule has 2 heterocycles. The lowest BCUT2D eigenvalue weighted by Gasteiger charge is -2.19. The number of benzene rings is 1. The van der Waals surface area contributed by atoms with Gasteiger partial charge in [0, 0.05) is 17.3 Å². The molecule has 2 atom stereocenters. The standard InChI is InChI=1S/C17H15ClN2O2S/c18-15-7-10-6-14(20-17(10)23-15)16(22)19-13-5-9-3-1-2-4-11(9)12(13)8-21/h1-4,6-7,12-13,20-21H,5,8H2,(H,19,22)/t12-,13-/m1/s1. The van der Waals surface area contributed by atoms with Crippen molar-refractivity contribution in [2.75, 3.05) is 6.61 Å².